The van der Waals surface area contributed by atoms with Crippen LogP contribution in [0, 0.1) is 5.92 Å². The van der Waals surface area contributed by atoms with Crippen molar-refractivity contribution >= 4 is 16.9 Å². The number of para-hydroxylation sites is 2. The van der Waals surface area contributed by atoms with Gasteiger partial charge in [0.15, 0.2) is 0 Å². The number of aromatic nitrogens is 2. The molecule has 0 spiro atoms. The van der Waals surface area contributed by atoms with Crippen molar-refractivity contribution in [2.75, 3.05) is 32.8 Å². The van der Waals surface area contributed by atoms with Gasteiger partial charge >= 0.3 is 5.69 Å². The highest BCUT2D eigenvalue weighted by atomic mass is 16.5. The minimum absolute atomic E-state index is 0.0406. The summed E-state index contributed by atoms with van der Waals surface area (Å²) in [5.74, 6) is 0.404. The second-order valence-corrected chi connectivity index (χ2v) is 7.51. The van der Waals surface area contributed by atoms with Crippen molar-refractivity contribution in [3.8, 4) is 0 Å². The Balaban J connectivity index is 1.70. The SMILES string of the molecule is CCC(CC)C(CNC(=O)Cn1c(=O)n(C)c2ccccc21)N1CCOCC1. The number of benzene rings is 1. The highest BCUT2D eigenvalue weighted by Crippen LogP contribution is 2.19. The Bertz CT molecular complexity index is 847. The van der Waals surface area contributed by atoms with Gasteiger partial charge in [-0.05, 0) is 18.1 Å². The molecule has 1 N–H and O–H groups in total. The molecule has 1 saturated heterocycles. The zero-order valence-corrected chi connectivity index (χ0v) is 17.2. The summed E-state index contributed by atoms with van der Waals surface area (Å²) in [5.41, 5.74) is 1.46. The molecule has 1 unspecified atom stereocenters. The van der Waals surface area contributed by atoms with Crippen LogP contribution in [0.3, 0.4) is 0 Å². The number of rotatable bonds is 8. The predicted molar refractivity (Wildman–Crippen MR) is 110 cm³/mol. The molecule has 0 radical (unpaired) electrons. The average Bonchev–Trinajstić information content (AvgIpc) is 2.97. The Morgan fingerprint density at radius 2 is 1.79 bits per heavy atom. The fraction of sp³-hybridized carbons (Fsp3) is 0.619. The molecular weight excluding hydrogens is 356 g/mol. The Morgan fingerprint density at radius 1 is 1.14 bits per heavy atom. The van der Waals surface area contributed by atoms with Crippen LogP contribution in [-0.4, -0.2) is 58.8 Å². The molecule has 28 heavy (non-hydrogen) atoms. The number of morpholine rings is 1. The minimum Gasteiger partial charge on any atom is -0.379 e. The van der Waals surface area contributed by atoms with E-state index in [9.17, 15) is 9.59 Å². The van der Waals surface area contributed by atoms with Gasteiger partial charge in [0.1, 0.15) is 6.54 Å². The molecule has 1 amide bonds. The Morgan fingerprint density at radius 3 is 2.43 bits per heavy atom. The number of imidazole rings is 1. The molecule has 2 heterocycles. The lowest BCUT2D eigenvalue weighted by Gasteiger charge is -2.38. The molecule has 1 aliphatic rings. The standard InChI is InChI=1S/C21H32N4O3/c1-4-16(5-2)19(24-10-12-28-13-11-24)14-22-20(26)15-25-18-9-7-6-8-17(18)23(3)21(25)27/h6-9,16,19H,4-5,10-15H2,1-3H3,(H,22,26). The zero-order chi connectivity index (χ0) is 20.1. The van der Waals surface area contributed by atoms with Crippen molar-refractivity contribution in [2.24, 2.45) is 13.0 Å². The van der Waals surface area contributed by atoms with Crippen LogP contribution in [0.25, 0.3) is 11.0 Å². The van der Waals surface area contributed by atoms with Crippen LogP contribution in [0.5, 0.6) is 0 Å². The van der Waals surface area contributed by atoms with Gasteiger partial charge in [0.2, 0.25) is 5.91 Å². The lowest BCUT2D eigenvalue weighted by molar-refractivity contribution is -0.122. The van der Waals surface area contributed by atoms with E-state index >= 15 is 0 Å². The van der Waals surface area contributed by atoms with Crippen LogP contribution in [0.2, 0.25) is 0 Å². The highest BCUT2D eigenvalue weighted by Gasteiger charge is 2.27. The molecular formula is C21H32N4O3. The molecule has 0 aliphatic carbocycles. The molecule has 7 heteroatoms. The molecule has 1 aromatic carbocycles. The molecule has 7 nitrogen and oxygen atoms in total. The van der Waals surface area contributed by atoms with Gasteiger partial charge in [-0.1, -0.05) is 38.8 Å². The molecule has 154 valence electrons. The molecule has 1 aliphatic heterocycles. The van der Waals surface area contributed by atoms with E-state index in [1.165, 1.54) is 0 Å². The molecule has 0 bridgehead atoms. The predicted octanol–water partition coefficient (Wildman–Crippen LogP) is 1.59. The van der Waals surface area contributed by atoms with Crippen LogP contribution in [-0.2, 0) is 23.1 Å². The largest absolute Gasteiger partial charge is 0.379 e. The fourth-order valence-corrected chi connectivity index (χ4v) is 4.27. The van der Waals surface area contributed by atoms with Gasteiger partial charge in [-0.3, -0.25) is 18.8 Å². The quantitative estimate of drug-likeness (QED) is 0.746. The zero-order valence-electron chi connectivity index (χ0n) is 17.2. The summed E-state index contributed by atoms with van der Waals surface area (Å²) in [4.78, 5) is 27.7. The van der Waals surface area contributed by atoms with Crippen molar-refractivity contribution in [3.05, 3.63) is 34.7 Å². The van der Waals surface area contributed by atoms with Crippen molar-refractivity contribution < 1.29 is 9.53 Å². The van der Waals surface area contributed by atoms with Gasteiger partial charge in [-0.15, -0.1) is 0 Å². The summed E-state index contributed by atoms with van der Waals surface area (Å²) in [6, 6.07) is 7.86. The van der Waals surface area contributed by atoms with Crippen molar-refractivity contribution in [1.29, 1.82) is 0 Å². The molecule has 2 aromatic rings. The lowest BCUT2D eigenvalue weighted by Crippen LogP contribution is -2.52. The number of carbonyl (C=O) groups excluding carboxylic acids is 1. The van der Waals surface area contributed by atoms with Gasteiger partial charge in [0.25, 0.3) is 0 Å². The van der Waals surface area contributed by atoms with Crippen LogP contribution in [0.1, 0.15) is 26.7 Å². The van der Waals surface area contributed by atoms with E-state index in [4.69, 9.17) is 4.74 Å². The first-order chi connectivity index (χ1) is 13.6. The lowest BCUT2D eigenvalue weighted by atomic mass is 9.92. The highest BCUT2D eigenvalue weighted by molar-refractivity contribution is 5.80. The van der Waals surface area contributed by atoms with Crippen LogP contribution in [0.15, 0.2) is 29.1 Å². The second kappa shape index (κ2) is 9.39. The molecule has 1 fully saturated rings. The van der Waals surface area contributed by atoms with Crippen LogP contribution in [0.4, 0.5) is 0 Å². The molecule has 1 aromatic heterocycles. The van der Waals surface area contributed by atoms with Crippen LogP contribution >= 0.6 is 0 Å². The summed E-state index contributed by atoms with van der Waals surface area (Å²) in [6.07, 6.45) is 2.16. The van der Waals surface area contributed by atoms with Gasteiger partial charge < -0.3 is 10.1 Å². The van der Waals surface area contributed by atoms with Gasteiger partial charge in [0, 0.05) is 32.7 Å². The summed E-state index contributed by atoms with van der Waals surface area (Å²) in [5, 5.41) is 3.09. The van der Waals surface area contributed by atoms with Gasteiger partial charge in [0.05, 0.1) is 24.2 Å². The van der Waals surface area contributed by atoms with Crippen molar-refractivity contribution in [2.45, 2.75) is 39.3 Å². The van der Waals surface area contributed by atoms with Crippen LogP contribution < -0.4 is 11.0 Å². The first-order valence-corrected chi connectivity index (χ1v) is 10.3. The number of ether oxygens (including phenoxy) is 1. The number of nitrogens with zero attached hydrogens (tertiary/aromatic N) is 3. The maximum atomic E-state index is 12.7. The first kappa shape index (κ1) is 20.6. The maximum Gasteiger partial charge on any atom is 0.329 e. The molecule has 0 saturated carbocycles. The first-order valence-electron chi connectivity index (χ1n) is 10.3. The van der Waals surface area contributed by atoms with E-state index < -0.39 is 0 Å². The number of nitrogens with one attached hydrogen (secondary N) is 1. The van der Waals surface area contributed by atoms with E-state index in [2.05, 4.69) is 24.1 Å². The number of aryl methyl sites for hydroxylation is 1. The normalized spacial score (nSPS) is 16.6. The smallest absolute Gasteiger partial charge is 0.329 e. The second-order valence-electron chi connectivity index (χ2n) is 7.51. The van der Waals surface area contributed by atoms with Gasteiger partial charge in [-0.2, -0.15) is 0 Å². The minimum atomic E-state index is -0.166. The van der Waals surface area contributed by atoms with E-state index in [0.29, 0.717) is 18.5 Å². The number of fused-ring (bicyclic) bond motifs is 1. The topological polar surface area (TPSA) is 68.5 Å². The maximum absolute atomic E-state index is 12.7. The average molecular weight is 389 g/mol. The number of hydrogen-bond donors (Lipinski definition) is 1. The Hall–Kier alpha value is -2.12. The van der Waals surface area contributed by atoms with E-state index in [1.54, 1.807) is 16.2 Å². The van der Waals surface area contributed by atoms with Crippen molar-refractivity contribution in [1.82, 2.24) is 19.4 Å². The Labute approximate surface area is 166 Å². The van der Waals surface area contributed by atoms with Crippen molar-refractivity contribution in [3.63, 3.8) is 0 Å². The van der Waals surface area contributed by atoms with E-state index in [1.807, 2.05) is 24.3 Å². The summed E-state index contributed by atoms with van der Waals surface area (Å²) in [7, 11) is 1.74. The monoisotopic (exact) mass is 388 g/mol. The number of amides is 1. The fourth-order valence-electron chi connectivity index (χ4n) is 4.27. The molecule has 3 rings (SSSR count). The summed E-state index contributed by atoms with van der Waals surface area (Å²) in [6.45, 7) is 8.35. The number of carbonyl (C=O) groups is 1. The third-order valence-electron chi connectivity index (χ3n) is 5.97. The summed E-state index contributed by atoms with van der Waals surface area (Å²) >= 11 is 0. The van der Waals surface area contributed by atoms with E-state index in [0.717, 1.165) is 50.2 Å². The summed E-state index contributed by atoms with van der Waals surface area (Å²) < 4.78 is 8.62. The molecule has 1 atom stereocenters. The number of hydrogen-bond acceptors (Lipinski definition) is 4. The Kier molecular flexibility index (Phi) is 6.91. The van der Waals surface area contributed by atoms with E-state index in [-0.39, 0.29) is 18.1 Å². The third-order valence-corrected chi connectivity index (χ3v) is 5.97. The third kappa shape index (κ3) is 4.31. The van der Waals surface area contributed by atoms with Gasteiger partial charge in [-0.25, -0.2) is 4.79 Å².